The highest BCUT2D eigenvalue weighted by Gasteiger charge is 2.37. The van der Waals surface area contributed by atoms with E-state index in [4.69, 9.17) is 0 Å². The van der Waals surface area contributed by atoms with E-state index in [0.717, 1.165) is 5.56 Å². The Bertz CT molecular complexity index is 736. The van der Waals surface area contributed by atoms with E-state index in [-0.39, 0.29) is 23.1 Å². The highest BCUT2D eigenvalue weighted by Crippen LogP contribution is 2.38. The van der Waals surface area contributed by atoms with Gasteiger partial charge in [-0.05, 0) is 24.3 Å². The van der Waals surface area contributed by atoms with Crippen molar-refractivity contribution in [1.82, 2.24) is 14.3 Å². The molecule has 22 heavy (non-hydrogen) atoms. The van der Waals surface area contributed by atoms with E-state index >= 15 is 0 Å². The van der Waals surface area contributed by atoms with Crippen LogP contribution < -0.4 is 4.72 Å². The minimum Gasteiger partial charge on any atom is -0.393 e. The molecule has 2 aromatic rings. The molecule has 0 radical (unpaired) electrons. The van der Waals surface area contributed by atoms with Crippen molar-refractivity contribution in [2.24, 2.45) is 13.0 Å². The number of benzene rings is 1. The van der Waals surface area contributed by atoms with Gasteiger partial charge in [-0.2, -0.15) is 0 Å². The number of hydrogen-bond donors (Lipinski definition) is 2. The molecule has 0 amide bonds. The van der Waals surface area contributed by atoms with Crippen LogP contribution in [0.5, 0.6) is 0 Å². The zero-order valence-electron chi connectivity index (χ0n) is 12.3. The molecule has 1 aliphatic rings. The molecule has 3 rings (SSSR count). The molecule has 0 saturated heterocycles. The minimum absolute atomic E-state index is 0.0100. The van der Waals surface area contributed by atoms with Crippen LogP contribution in [0.3, 0.4) is 0 Å². The second-order valence-electron chi connectivity index (χ2n) is 5.77. The molecular formula is C15H19N3O3S. The monoisotopic (exact) mass is 321 g/mol. The first-order valence-electron chi connectivity index (χ1n) is 7.19. The molecule has 1 heterocycles. The second kappa shape index (κ2) is 5.83. The van der Waals surface area contributed by atoms with E-state index in [1.165, 1.54) is 12.5 Å². The fraction of sp³-hybridized carbons (Fsp3) is 0.400. The number of sulfonamides is 1. The van der Waals surface area contributed by atoms with Gasteiger partial charge >= 0.3 is 0 Å². The highest BCUT2D eigenvalue weighted by atomic mass is 32.2. The second-order valence-corrected chi connectivity index (χ2v) is 7.43. The van der Waals surface area contributed by atoms with Crippen molar-refractivity contribution in [3.63, 3.8) is 0 Å². The maximum atomic E-state index is 12.5. The predicted octanol–water partition coefficient (Wildman–Crippen LogP) is 1.21. The third kappa shape index (κ3) is 3.06. The molecule has 2 N–H and O–H groups in total. The van der Waals surface area contributed by atoms with E-state index in [1.54, 1.807) is 11.6 Å². The average molecular weight is 321 g/mol. The van der Waals surface area contributed by atoms with Crippen LogP contribution in [0.4, 0.5) is 0 Å². The Morgan fingerprint density at radius 3 is 2.55 bits per heavy atom. The first-order valence-corrected chi connectivity index (χ1v) is 8.67. The van der Waals surface area contributed by atoms with Gasteiger partial charge < -0.3 is 9.67 Å². The van der Waals surface area contributed by atoms with Gasteiger partial charge in [0.15, 0.2) is 5.03 Å². The molecule has 0 unspecified atom stereocenters. The lowest BCUT2D eigenvalue weighted by Gasteiger charge is -2.38. The molecule has 118 valence electrons. The lowest BCUT2D eigenvalue weighted by atomic mass is 9.75. The van der Waals surface area contributed by atoms with Crippen LogP contribution in [0.2, 0.25) is 0 Å². The number of aryl methyl sites for hydroxylation is 1. The van der Waals surface area contributed by atoms with E-state index in [0.29, 0.717) is 12.8 Å². The number of hydrogen-bond acceptors (Lipinski definition) is 4. The summed E-state index contributed by atoms with van der Waals surface area (Å²) in [6.45, 7) is 0. The molecule has 1 aromatic heterocycles. The first kappa shape index (κ1) is 15.2. The Morgan fingerprint density at radius 2 is 2.00 bits per heavy atom. The Hall–Kier alpha value is -1.70. The molecule has 0 aliphatic heterocycles. The number of aliphatic hydroxyl groups excluding tert-OH is 1. The first-order chi connectivity index (χ1) is 10.5. The van der Waals surface area contributed by atoms with Crippen molar-refractivity contribution in [3.05, 3.63) is 48.4 Å². The molecule has 1 saturated carbocycles. The largest absolute Gasteiger partial charge is 0.393 e. The number of nitrogens with one attached hydrogen (secondary N) is 1. The van der Waals surface area contributed by atoms with Gasteiger partial charge in [0.25, 0.3) is 10.0 Å². The van der Waals surface area contributed by atoms with Gasteiger partial charge in [-0.1, -0.05) is 30.3 Å². The summed E-state index contributed by atoms with van der Waals surface area (Å²) in [7, 11) is -1.96. The van der Waals surface area contributed by atoms with Gasteiger partial charge in [0.2, 0.25) is 0 Å². The summed E-state index contributed by atoms with van der Waals surface area (Å²) in [5.74, 6) is 0.0934. The SMILES string of the molecule is Cn1cnc(S(=O)(=O)N[C@@H](c2ccccc2)C2CC(O)C2)c1. The standard InChI is InChI=1S/C15H19N3O3S/c1-18-9-14(16-10-18)22(20,21)17-15(12-7-13(19)8-12)11-5-3-2-4-6-11/h2-6,9-10,12-13,15,17,19H,7-8H2,1H3/t12?,13?,15-/m0/s1. The summed E-state index contributed by atoms with van der Waals surface area (Å²) in [5, 5.41) is 9.55. The fourth-order valence-corrected chi connectivity index (χ4v) is 4.03. The predicted molar refractivity (Wildman–Crippen MR) is 81.4 cm³/mol. The van der Waals surface area contributed by atoms with Crippen LogP contribution in [-0.2, 0) is 17.1 Å². The van der Waals surface area contributed by atoms with Gasteiger partial charge in [-0.25, -0.2) is 18.1 Å². The number of aromatic nitrogens is 2. The van der Waals surface area contributed by atoms with Crippen LogP contribution in [0, 0.1) is 5.92 Å². The van der Waals surface area contributed by atoms with Crippen LogP contribution in [0.25, 0.3) is 0 Å². The summed E-state index contributed by atoms with van der Waals surface area (Å²) < 4.78 is 29.4. The lowest BCUT2D eigenvalue weighted by molar-refractivity contribution is 0.0280. The quantitative estimate of drug-likeness (QED) is 0.867. The molecule has 7 heteroatoms. The van der Waals surface area contributed by atoms with Crippen LogP contribution in [0.15, 0.2) is 47.9 Å². The molecular weight excluding hydrogens is 302 g/mol. The topological polar surface area (TPSA) is 84.2 Å². The molecule has 1 atom stereocenters. The van der Waals surface area contributed by atoms with E-state index in [9.17, 15) is 13.5 Å². The summed E-state index contributed by atoms with van der Waals surface area (Å²) in [4.78, 5) is 3.92. The average Bonchev–Trinajstić information content (AvgIpc) is 2.90. The van der Waals surface area contributed by atoms with Crippen molar-refractivity contribution in [3.8, 4) is 0 Å². The maximum Gasteiger partial charge on any atom is 0.260 e. The summed E-state index contributed by atoms with van der Waals surface area (Å²) in [5.41, 5.74) is 0.902. The van der Waals surface area contributed by atoms with Crippen LogP contribution >= 0.6 is 0 Å². The summed E-state index contributed by atoms with van der Waals surface area (Å²) in [6.07, 6.45) is 3.80. The van der Waals surface area contributed by atoms with Crippen molar-refractivity contribution < 1.29 is 13.5 Å². The zero-order chi connectivity index (χ0) is 15.7. The van der Waals surface area contributed by atoms with Gasteiger partial charge in [-0.15, -0.1) is 0 Å². The number of imidazole rings is 1. The minimum atomic E-state index is -3.69. The maximum absolute atomic E-state index is 12.5. The zero-order valence-corrected chi connectivity index (χ0v) is 13.1. The smallest absolute Gasteiger partial charge is 0.260 e. The number of aliphatic hydroxyl groups is 1. The Labute approximate surface area is 129 Å². The van der Waals surface area contributed by atoms with E-state index < -0.39 is 10.0 Å². The molecule has 0 spiro atoms. The number of nitrogens with zero attached hydrogens (tertiary/aromatic N) is 2. The molecule has 6 nitrogen and oxygen atoms in total. The molecule has 0 bridgehead atoms. The van der Waals surface area contributed by atoms with Gasteiger partial charge in [0.05, 0.1) is 18.5 Å². The fourth-order valence-electron chi connectivity index (χ4n) is 2.75. The highest BCUT2D eigenvalue weighted by molar-refractivity contribution is 7.89. The number of rotatable bonds is 5. The van der Waals surface area contributed by atoms with E-state index in [2.05, 4.69) is 9.71 Å². The van der Waals surface area contributed by atoms with Gasteiger partial charge in [0, 0.05) is 13.2 Å². The van der Waals surface area contributed by atoms with Crippen molar-refractivity contribution in [1.29, 1.82) is 0 Å². The van der Waals surface area contributed by atoms with Gasteiger partial charge in [0.1, 0.15) is 0 Å². The van der Waals surface area contributed by atoms with Crippen molar-refractivity contribution in [2.75, 3.05) is 0 Å². The van der Waals surface area contributed by atoms with Crippen LogP contribution in [-0.4, -0.2) is 29.2 Å². The molecule has 1 aliphatic carbocycles. The van der Waals surface area contributed by atoms with E-state index in [1.807, 2.05) is 30.3 Å². The molecule has 1 aromatic carbocycles. The summed E-state index contributed by atoms with van der Waals surface area (Å²) in [6, 6.07) is 9.10. The third-order valence-electron chi connectivity index (χ3n) is 4.02. The third-order valence-corrected chi connectivity index (χ3v) is 5.34. The van der Waals surface area contributed by atoms with Crippen LogP contribution in [0.1, 0.15) is 24.4 Å². The Balaban J connectivity index is 1.87. The Kier molecular flexibility index (Phi) is 4.03. The Morgan fingerprint density at radius 1 is 1.32 bits per heavy atom. The lowest BCUT2D eigenvalue weighted by Crippen LogP contribution is -2.41. The van der Waals surface area contributed by atoms with Crippen molar-refractivity contribution in [2.45, 2.75) is 30.0 Å². The summed E-state index contributed by atoms with van der Waals surface area (Å²) >= 11 is 0. The normalized spacial score (nSPS) is 23.0. The van der Waals surface area contributed by atoms with Gasteiger partial charge in [-0.3, -0.25) is 0 Å². The van der Waals surface area contributed by atoms with Crippen molar-refractivity contribution >= 4 is 10.0 Å². The molecule has 1 fully saturated rings.